The summed E-state index contributed by atoms with van der Waals surface area (Å²) in [5.74, 6) is -0.0696. The summed E-state index contributed by atoms with van der Waals surface area (Å²) in [5, 5.41) is 1.45. The number of pyridine rings is 1. The minimum absolute atomic E-state index is 0.0696. The summed E-state index contributed by atoms with van der Waals surface area (Å²) in [7, 11) is 0. The van der Waals surface area contributed by atoms with E-state index in [1.54, 1.807) is 21.9 Å². The van der Waals surface area contributed by atoms with Crippen molar-refractivity contribution in [3.05, 3.63) is 76.4 Å². The maximum Gasteiger partial charge on any atom is 0.409 e. The summed E-state index contributed by atoms with van der Waals surface area (Å²) in [6.45, 7) is 4.25. The van der Waals surface area contributed by atoms with Crippen LogP contribution in [-0.4, -0.2) is 59.6 Å². The highest BCUT2D eigenvalue weighted by atomic mass is 35.5. The lowest BCUT2D eigenvalue weighted by molar-refractivity contribution is 0.0560. The molecule has 1 aliphatic rings. The molecule has 2 heterocycles. The molecule has 7 heteroatoms. The van der Waals surface area contributed by atoms with Crippen LogP contribution in [0, 0.1) is 0 Å². The van der Waals surface area contributed by atoms with Gasteiger partial charge < -0.3 is 14.5 Å². The topological polar surface area (TPSA) is 62.7 Å². The largest absolute Gasteiger partial charge is 0.449 e. The fraction of sp³-hybridized carbons (Fsp3) is 0.320. The third kappa shape index (κ3) is 5.02. The molecule has 6 nitrogen and oxygen atoms in total. The average Bonchev–Trinajstić information content (AvgIpc) is 2.82. The predicted octanol–water partition coefficient (Wildman–Crippen LogP) is 4.78. The van der Waals surface area contributed by atoms with E-state index in [0.717, 1.165) is 23.1 Å². The molecule has 1 fully saturated rings. The summed E-state index contributed by atoms with van der Waals surface area (Å²) < 4.78 is 5.19. The molecule has 166 valence electrons. The highest BCUT2D eigenvalue weighted by Gasteiger charge is 2.25. The molecule has 0 atom stereocenters. The van der Waals surface area contributed by atoms with Gasteiger partial charge in [0.25, 0.3) is 5.91 Å². The molecule has 32 heavy (non-hydrogen) atoms. The van der Waals surface area contributed by atoms with Crippen LogP contribution < -0.4 is 0 Å². The van der Waals surface area contributed by atoms with Gasteiger partial charge in [0.2, 0.25) is 0 Å². The van der Waals surface area contributed by atoms with Crippen molar-refractivity contribution in [1.82, 2.24) is 14.8 Å². The maximum absolute atomic E-state index is 13.1. The van der Waals surface area contributed by atoms with Gasteiger partial charge in [-0.25, -0.2) is 4.79 Å². The minimum atomic E-state index is -0.311. The van der Waals surface area contributed by atoms with Gasteiger partial charge in [0.1, 0.15) is 0 Å². The molecule has 0 saturated carbocycles. The zero-order valence-electron chi connectivity index (χ0n) is 18.1. The third-order valence-corrected chi connectivity index (χ3v) is 5.85. The zero-order chi connectivity index (χ0) is 22.5. The molecule has 0 bridgehead atoms. The van der Waals surface area contributed by atoms with Crippen molar-refractivity contribution in [1.29, 1.82) is 0 Å². The summed E-state index contributed by atoms with van der Waals surface area (Å²) >= 11 is 6.51. The molecule has 3 aromatic rings. The van der Waals surface area contributed by atoms with Crippen molar-refractivity contribution in [2.75, 3.05) is 32.8 Å². The van der Waals surface area contributed by atoms with E-state index >= 15 is 0 Å². The molecule has 0 spiro atoms. The standard InChI is InChI=1S/C25H26ClN3O3/c1-2-14-32-25(31)29-12-10-28(11-13-29)24(30)19-8-9-21-22(26)17-20(27-23(21)16-19)15-18-6-4-3-5-7-18/h3-9,16-17H,2,10-15H2,1H3. The van der Waals surface area contributed by atoms with Crippen LogP contribution in [0.25, 0.3) is 10.9 Å². The van der Waals surface area contributed by atoms with E-state index in [4.69, 9.17) is 21.3 Å². The van der Waals surface area contributed by atoms with Crippen molar-refractivity contribution in [3.63, 3.8) is 0 Å². The smallest absolute Gasteiger partial charge is 0.409 e. The number of hydrogen-bond donors (Lipinski definition) is 0. The second-order valence-corrected chi connectivity index (χ2v) is 8.29. The number of amides is 2. The number of carbonyl (C=O) groups excluding carboxylic acids is 2. The van der Waals surface area contributed by atoms with Crippen LogP contribution in [0.1, 0.15) is 35.0 Å². The second kappa shape index (κ2) is 10.0. The maximum atomic E-state index is 13.1. The molecule has 0 radical (unpaired) electrons. The Morgan fingerprint density at radius 3 is 2.44 bits per heavy atom. The number of aromatic nitrogens is 1. The number of halogens is 1. The fourth-order valence-electron chi connectivity index (χ4n) is 3.82. The monoisotopic (exact) mass is 451 g/mol. The molecule has 1 aromatic heterocycles. The van der Waals surface area contributed by atoms with Crippen LogP contribution in [0.4, 0.5) is 4.79 Å². The number of piperazine rings is 1. The predicted molar refractivity (Wildman–Crippen MR) is 125 cm³/mol. The quantitative estimate of drug-likeness (QED) is 0.559. The molecule has 2 amide bonds. The third-order valence-electron chi connectivity index (χ3n) is 5.54. The van der Waals surface area contributed by atoms with Gasteiger partial charge in [0, 0.05) is 49.2 Å². The molecular formula is C25H26ClN3O3. The van der Waals surface area contributed by atoms with E-state index in [-0.39, 0.29) is 12.0 Å². The number of hydrogen-bond acceptors (Lipinski definition) is 4. The molecule has 1 saturated heterocycles. The van der Waals surface area contributed by atoms with Crippen molar-refractivity contribution in [2.45, 2.75) is 19.8 Å². The molecule has 4 rings (SSSR count). The molecule has 0 aliphatic carbocycles. The lowest BCUT2D eigenvalue weighted by Gasteiger charge is -2.34. The highest BCUT2D eigenvalue weighted by molar-refractivity contribution is 6.35. The number of carbonyl (C=O) groups is 2. The number of rotatable bonds is 5. The summed E-state index contributed by atoms with van der Waals surface area (Å²) in [6, 6.07) is 17.4. The van der Waals surface area contributed by atoms with E-state index < -0.39 is 0 Å². The van der Waals surface area contributed by atoms with Crippen LogP contribution in [0.15, 0.2) is 54.6 Å². The van der Waals surface area contributed by atoms with Gasteiger partial charge in [-0.05, 0) is 30.2 Å². The van der Waals surface area contributed by atoms with E-state index in [1.807, 2.05) is 37.3 Å². The Morgan fingerprint density at radius 1 is 1.00 bits per heavy atom. The van der Waals surface area contributed by atoms with Gasteiger partial charge in [0.15, 0.2) is 0 Å². The average molecular weight is 452 g/mol. The molecule has 2 aromatic carbocycles. The first kappa shape index (κ1) is 22.1. The van der Waals surface area contributed by atoms with E-state index in [2.05, 4.69) is 12.1 Å². The first-order valence-corrected chi connectivity index (χ1v) is 11.3. The number of fused-ring (bicyclic) bond motifs is 1. The lowest BCUT2D eigenvalue weighted by atomic mass is 10.1. The fourth-order valence-corrected chi connectivity index (χ4v) is 4.11. The van der Waals surface area contributed by atoms with Crippen LogP contribution >= 0.6 is 11.6 Å². The summed E-state index contributed by atoms with van der Waals surface area (Å²) in [5.41, 5.74) is 3.28. The van der Waals surface area contributed by atoms with Gasteiger partial charge in [-0.15, -0.1) is 0 Å². The van der Waals surface area contributed by atoms with E-state index in [1.165, 1.54) is 0 Å². The molecule has 1 aliphatic heterocycles. The first-order valence-electron chi connectivity index (χ1n) is 10.9. The van der Waals surface area contributed by atoms with Crippen molar-refractivity contribution in [3.8, 4) is 0 Å². The zero-order valence-corrected chi connectivity index (χ0v) is 18.8. The van der Waals surface area contributed by atoms with Gasteiger partial charge in [-0.3, -0.25) is 9.78 Å². The Hall–Kier alpha value is -3.12. The normalized spacial score (nSPS) is 13.9. The summed E-state index contributed by atoms with van der Waals surface area (Å²) in [6.07, 6.45) is 1.15. The van der Waals surface area contributed by atoms with Crippen LogP contribution in [0.2, 0.25) is 5.02 Å². The van der Waals surface area contributed by atoms with Crippen LogP contribution in [0.5, 0.6) is 0 Å². The summed E-state index contributed by atoms with van der Waals surface area (Å²) in [4.78, 5) is 33.3. The molecule has 0 N–H and O–H groups in total. The Morgan fingerprint density at radius 2 is 1.72 bits per heavy atom. The van der Waals surface area contributed by atoms with Crippen molar-refractivity contribution in [2.24, 2.45) is 0 Å². The van der Waals surface area contributed by atoms with Gasteiger partial charge in [-0.1, -0.05) is 54.9 Å². The Labute approximate surface area is 192 Å². The molecule has 0 unspecified atom stereocenters. The van der Waals surface area contributed by atoms with Crippen LogP contribution in [0.3, 0.4) is 0 Å². The van der Waals surface area contributed by atoms with E-state index in [0.29, 0.717) is 55.3 Å². The minimum Gasteiger partial charge on any atom is -0.449 e. The lowest BCUT2D eigenvalue weighted by Crippen LogP contribution is -2.50. The molecular weight excluding hydrogens is 426 g/mol. The second-order valence-electron chi connectivity index (χ2n) is 7.88. The first-order chi connectivity index (χ1) is 15.5. The van der Waals surface area contributed by atoms with Gasteiger partial charge in [0.05, 0.1) is 17.1 Å². The number of nitrogens with zero attached hydrogens (tertiary/aromatic N) is 3. The van der Waals surface area contributed by atoms with Crippen LogP contribution in [-0.2, 0) is 11.2 Å². The van der Waals surface area contributed by atoms with Gasteiger partial charge >= 0.3 is 6.09 Å². The number of ether oxygens (including phenoxy) is 1. The Bertz CT molecular complexity index is 1110. The van der Waals surface area contributed by atoms with Crippen molar-refractivity contribution >= 4 is 34.5 Å². The van der Waals surface area contributed by atoms with Gasteiger partial charge in [-0.2, -0.15) is 0 Å². The van der Waals surface area contributed by atoms with Crippen molar-refractivity contribution < 1.29 is 14.3 Å². The SMILES string of the molecule is CCCOC(=O)N1CCN(C(=O)c2ccc3c(Cl)cc(Cc4ccccc4)nc3c2)CC1. The Kier molecular flexibility index (Phi) is 6.90. The highest BCUT2D eigenvalue weighted by Crippen LogP contribution is 2.26. The Balaban J connectivity index is 1.48. The van der Waals surface area contributed by atoms with E-state index in [9.17, 15) is 9.59 Å². The number of benzene rings is 2.